The molecule has 0 amide bonds. The minimum Gasteiger partial charge on any atom is -0.300 e. The third kappa shape index (κ3) is 2.14. The van der Waals surface area contributed by atoms with Gasteiger partial charge in [0.2, 0.25) is 0 Å². The van der Waals surface area contributed by atoms with Gasteiger partial charge in [0.1, 0.15) is 5.78 Å². The van der Waals surface area contributed by atoms with Gasteiger partial charge in [-0.1, -0.05) is 12.5 Å². The van der Waals surface area contributed by atoms with E-state index in [0.717, 1.165) is 25.7 Å². The minimum absolute atomic E-state index is 0.0635. The van der Waals surface area contributed by atoms with E-state index in [0.29, 0.717) is 41.6 Å². The summed E-state index contributed by atoms with van der Waals surface area (Å²) in [5, 5.41) is 0. The molecule has 0 radical (unpaired) electrons. The molecule has 0 aromatic heterocycles. The first-order valence-corrected chi connectivity index (χ1v) is 10.3. The molecule has 3 heteroatoms. The third-order valence-electron chi connectivity index (χ3n) is 8.42. The fourth-order valence-electron chi connectivity index (χ4n) is 7.28. The number of rotatable bonds is 2. The van der Waals surface area contributed by atoms with Crippen LogP contribution in [0.25, 0.3) is 0 Å². The van der Waals surface area contributed by atoms with Crippen molar-refractivity contribution in [2.24, 2.45) is 34.5 Å². The highest BCUT2D eigenvalue weighted by atomic mass is 35.5. The van der Waals surface area contributed by atoms with Gasteiger partial charge in [0.15, 0.2) is 5.78 Å². The molecule has 0 N–H and O–H groups in total. The molecule has 132 valence electrons. The van der Waals surface area contributed by atoms with Gasteiger partial charge in [0, 0.05) is 23.6 Å². The van der Waals surface area contributed by atoms with Crippen LogP contribution in [-0.2, 0) is 9.59 Å². The number of hydrogen-bond donors (Lipinski definition) is 0. The maximum Gasteiger partial charge on any atom is 0.155 e. The molecule has 0 aromatic carbocycles. The molecule has 4 rings (SSSR count). The maximum absolute atomic E-state index is 12.2. The average Bonchev–Trinajstić information content (AvgIpc) is 2.91. The van der Waals surface area contributed by atoms with Crippen molar-refractivity contribution >= 4 is 23.2 Å². The van der Waals surface area contributed by atoms with E-state index in [9.17, 15) is 9.59 Å². The Balaban J connectivity index is 1.69. The molecule has 0 aliphatic heterocycles. The van der Waals surface area contributed by atoms with Crippen LogP contribution in [0, 0.1) is 34.5 Å². The highest BCUT2D eigenvalue weighted by Gasteiger charge is 2.60. The molecule has 4 aliphatic carbocycles. The lowest BCUT2D eigenvalue weighted by Gasteiger charge is -2.58. The number of carbonyl (C=O) groups excluding carboxylic acids is 2. The second-order valence-corrected chi connectivity index (χ2v) is 9.39. The molecule has 0 saturated heterocycles. The molecule has 0 bridgehead atoms. The molecule has 4 aliphatic rings. The van der Waals surface area contributed by atoms with E-state index in [2.05, 4.69) is 6.92 Å². The van der Waals surface area contributed by atoms with Crippen LogP contribution in [0.3, 0.4) is 0 Å². The van der Waals surface area contributed by atoms with Crippen LogP contribution < -0.4 is 0 Å². The fourth-order valence-corrected chi connectivity index (χ4v) is 7.78. The molecule has 3 saturated carbocycles. The Morgan fingerprint density at radius 2 is 1.96 bits per heavy atom. The summed E-state index contributed by atoms with van der Waals surface area (Å²) in [7, 11) is 0. The Morgan fingerprint density at radius 1 is 1.17 bits per heavy atom. The van der Waals surface area contributed by atoms with Gasteiger partial charge in [-0.2, -0.15) is 0 Å². The van der Waals surface area contributed by atoms with Crippen molar-refractivity contribution in [2.75, 3.05) is 5.88 Å². The summed E-state index contributed by atoms with van der Waals surface area (Å²) in [6.07, 6.45) is 10.4. The summed E-state index contributed by atoms with van der Waals surface area (Å²) in [6.45, 7) is 4.18. The monoisotopic (exact) mass is 348 g/mol. The van der Waals surface area contributed by atoms with Crippen LogP contribution >= 0.6 is 11.6 Å². The van der Waals surface area contributed by atoms with E-state index in [1.54, 1.807) is 6.92 Å². The van der Waals surface area contributed by atoms with Crippen LogP contribution in [0.15, 0.2) is 11.6 Å². The predicted molar refractivity (Wildman–Crippen MR) is 95.9 cm³/mol. The van der Waals surface area contributed by atoms with Gasteiger partial charge >= 0.3 is 0 Å². The normalized spacial score (nSPS) is 47.5. The number of hydrogen-bond acceptors (Lipinski definition) is 2. The molecule has 6 unspecified atom stereocenters. The lowest BCUT2D eigenvalue weighted by molar-refractivity contribution is -0.128. The smallest absolute Gasteiger partial charge is 0.155 e. The number of carbonyl (C=O) groups is 2. The highest BCUT2D eigenvalue weighted by molar-refractivity contribution is 6.18. The molecule has 0 aromatic rings. The fraction of sp³-hybridized carbons (Fsp3) is 0.810. The van der Waals surface area contributed by atoms with Crippen LogP contribution in [0.1, 0.15) is 65.2 Å². The van der Waals surface area contributed by atoms with Crippen molar-refractivity contribution in [3.63, 3.8) is 0 Å². The van der Waals surface area contributed by atoms with Gasteiger partial charge in [0.05, 0.1) is 0 Å². The van der Waals surface area contributed by atoms with Crippen LogP contribution in [0.4, 0.5) is 0 Å². The summed E-state index contributed by atoms with van der Waals surface area (Å²) in [5.41, 5.74) is 1.61. The molecule has 24 heavy (non-hydrogen) atoms. The van der Waals surface area contributed by atoms with Crippen molar-refractivity contribution in [2.45, 2.75) is 65.2 Å². The van der Waals surface area contributed by atoms with Crippen molar-refractivity contribution in [3.8, 4) is 0 Å². The second kappa shape index (κ2) is 5.69. The largest absolute Gasteiger partial charge is 0.300 e. The number of ketones is 2. The second-order valence-electron chi connectivity index (χ2n) is 9.13. The lowest BCUT2D eigenvalue weighted by atomic mass is 9.46. The number of alkyl halides is 1. The van der Waals surface area contributed by atoms with Gasteiger partial charge in [-0.3, -0.25) is 9.59 Å². The van der Waals surface area contributed by atoms with Crippen LogP contribution in [0.5, 0.6) is 0 Å². The molecular weight excluding hydrogens is 320 g/mol. The van der Waals surface area contributed by atoms with Gasteiger partial charge < -0.3 is 0 Å². The molecule has 6 atom stereocenters. The van der Waals surface area contributed by atoms with E-state index >= 15 is 0 Å². The van der Waals surface area contributed by atoms with E-state index in [1.165, 1.54) is 24.8 Å². The number of halogens is 1. The molecule has 0 spiro atoms. The first-order valence-electron chi connectivity index (χ1n) is 9.72. The zero-order chi connectivity index (χ0) is 17.1. The predicted octanol–water partition coefficient (Wildman–Crippen LogP) is 4.94. The van der Waals surface area contributed by atoms with E-state index in [1.807, 2.05) is 6.08 Å². The maximum atomic E-state index is 12.2. The van der Waals surface area contributed by atoms with Crippen molar-refractivity contribution in [3.05, 3.63) is 11.6 Å². The van der Waals surface area contributed by atoms with Crippen molar-refractivity contribution in [1.82, 2.24) is 0 Å². The zero-order valence-corrected chi connectivity index (χ0v) is 15.7. The van der Waals surface area contributed by atoms with E-state index in [4.69, 9.17) is 11.6 Å². The SMILES string of the molecule is CC(=O)C1CCC2C3CCC4=CC(=O)CCC4(CCl)C3CCC12C. The summed E-state index contributed by atoms with van der Waals surface area (Å²) in [4.78, 5) is 24.1. The Kier molecular flexibility index (Phi) is 3.99. The first kappa shape index (κ1) is 16.8. The summed E-state index contributed by atoms with van der Waals surface area (Å²) >= 11 is 6.56. The van der Waals surface area contributed by atoms with Crippen molar-refractivity contribution in [1.29, 1.82) is 0 Å². The molecule has 2 nitrogen and oxygen atoms in total. The highest BCUT2D eigenvalue weighted by Crippen LogP contribution is 2.66. The van der Waals surface area contributed by atoms with Crippen molar-refractivity contribution < 1.29 is 9.59 Å². The average molecular weight is 349 g/mol. The van der Waals surface area contributed by atoms with Gasteiger partial charge in [0.25, 0.3) is 0 Å². The zero-order valence-electron chi connectivity index (χ0n) is 14.9. The van der Waals surface area contributed by atoms with Gasteiger partial charge in [-0.05, 0) is 81.1 Å². The summed E-state index contributed by atoms with van der Waals surface area (Å²) < 4.78 is 0. The standard InChI is InChI=1S/C21H29ClO2/c1-13(23)17-5-6-18-16-4-3-14-11-15(24)7-10-21(14,12-22)19(16)8-9-20(17,18)2/h11,16-19H,3-10,12H2,1-2H3. The summed E-state index contributed by atoms with van der Waals surface area (Å²) in [6, 6.07) is 0. The first-order chi connectivity index (χ1) is 11.4. The van der Waals surface area contributed by atoms with Gasteiger partial charge in [-0.15, -0.1) is 11.6 Å². The van der Waals surface area contributed by atoms with E-state index < -0.39 is 0 Å². The number of allylic oxidation sites excluding steroid dienone is 1. The van der Waals surface area contributed by atoms with E-state index in [-0.39, 0.29) is 16.7 Å². The Labute approximate surface area is 150 Å². The van der Waals surface area contributed by atoms with Gasteiger partial charge in [-0.25, -0.2) is 0 Å². The Morgan fingerprint density at radius 3 is 2.67 bits per heavy atom. The molecule has 3 fully saturated rings. The number of Topliss-reactive ketones (excluding diaryl/α,β-unsaturated/α-hetero) is 1. The minimum atomic E-state index is 0.0635. The lowest BCUT2D eigenvalue weighted by Crippen LogP contribution is -2.52. The molecular formula is C21H29ClO2. The summed E-state index contributed by atoms with van der Waals surface area (Å²) in [5.74, 6) is 3.59. The van der Waals surface area contributed by atoms with Crippen LogP contribution in [-0.4, -0.2) is 17.4 Å². The van der Waals surface area contributed by atoms with Crippen LogP contribution in [0.2, 0.25) is 0 Å². The topological polar surface area (TPSA) is 34.1 Å². The Hall–Kier alpha value is -0.630. The Bertz CT molecular complexity index is 609. The molecule has 0 heterocycles. The quantitative estimate of drug-likeness (QED) is 0.662. The third-order valence-corrected chi connectivity index (χ3v) is 8.89. The number of fused-ring (bicyclic) bond motifs is 5.